The minimum absolute atomic E-state index is 0.153. The maximum absolute atomic E-state index is 11.7. The Hall–Kier alpha value is -2.29. The largest absolute Gasteiger partial charge is 0.434 e. The van der Waals surface area contributed by atoms with Crippen molar-refractivity contribution in [2.24, 2.45) is 0 Å². The monoisotopic (exact) mass is 298 g/mol. The van der Waals surface area contributed by atoms with Gasteiger partial charge in [-0.2, -0.15) is 0 Å². The minimum Gasteiger partial charge on any atom is -0.434 e. The lowest BCUT2D eigenvalue weighted by Crippen LogP contribution is -2.26. The second-order valence-electron chi connectivity index (χ2n) is 4.26. The number of ether oxygens (including phenoxy) is 1. The van der Waals surface area contributed by atoms with Gasteiger partial charge in [0, 0.05) is 10.9 Å². The molecule has 2 heterocycles. The molecule has 106 valence electrons. The van der Waals surface area contributed by atoms with E-state index in [1.165, 1.54) is 25.3 Å². The van der Waals surface area contributed by atoms with Crippen molar-refractivity contribution in [3.05, 3.63) is 47.9 Å². The van der Waals surface area contributed by atoms with Gasteiger partial charge in [-0.1, -0.05) is 0 Å². The van der Waals surface area contributed by atoms with Gasteiger partial charge >= 0.3 is 6.23 Å². The van der Waals surface area contributed by atoms with Crippen molar-refractivity contribution in [2.45, 2.75) is 26.0 Å². The standard InChI is InChI=1S/C11H10N2O6S/c1-5(14)9-6(2)19-11(13(17)18)10(9)8-3-7(4-20-8)12(15)16/h3-4,10-11H,1-2H3. The number of ketones is 1. The molecule has 0 amide bonds. The van der Waals surface area contributed by atoms with Crippen LogP contribution >= 0.6 is 11.3 Å². The van der Waals surface area contributed by atoms with Gasteiger partial charge in [0.1, 0.15) is 11.7 Å². The van der Waals surface area contributed by atoms with Crippen LogP contribution < -0.4 is 0 Å². The van der Waals surface area contributed by atoms with Gasteiger partial charge in [-0.3, -0.25) is 25.0 Å². The van der Waals surface area contributed by atoms with Crippen LogP contribution in [0.15, 0.2) is 22.8 Å². The molecule has 2 rings (SSSR count). The Morgan fingerprint density at radius 2 is 2.05 bits per heavy atom. The normalized spacial score (nSPS) is 21.7. The van der Waals surface area contributed by atoms with Gasteiger partial charge in [-0.15, -0.1) is 11.3 Å². The first-order valence-electron chi connectivity index (χ1n) is 5.57. The van der Waals surface area contributed by atoms with E-state index in [0.717, 1.165) is 11.3 Å². The van der Waals surface area contributed by atoms with E-state index in [1.54, 1.807) is 0 Å². The molecule has 0 fully saturated rings. The molecule has 2 unspecified atom stereocenters. The third-order valence-electron chi connectivity index (χ3n) is 2.98. The highest BCUT2D eigenvalue weighted by Gasteiger charge is 2.47. The van der Waals surface area contributed by atoms with E-state index in [0.29, 0.717) is 4.88 Å². The molecule has 0 spiro atoms. The van der Waals surface area contributed by atoms with E-state index < -0.39 is 22.0 Å². The van der Waals surface area contributed by atoms with Crippen LogP contribution in [0.5, 0.6) is 0 Å². The predicted octanol–water partition coefficient (Wildman–Crippen LogP) is 2.24. The summed E-state index contributed by atoms with van der Waals surface area (Å²) in [7, 11) is 0. The lowest BCUT2D eigenvalue weighted by Gasteiger charge is -2.11. The Labute approximate surface area is 117 Å². The van der Waals surface area contributed by atoms with Crippen molar-refractivity contribution in [3.8, 4) is 0 Å². The second-order valence-corrected chi connectivity index (χ2v) is 5.20. The van der Waals surface area contributed by atoms with E-state index in [4.69, 9.17) is 4.74 Å². The van der Waals surface area contributed by atoms with Crippen LogP contribution in [0.3, 0.4) is 0 Å². The van der Waals surface area contributed by atoms with Crippen molar-refractivity contribution in [3.63, 3.8) is 0 Å². The molecule has 0 saturated heterocycles. The van der Waals surface area contributed by atoms with E-state index in [1.807, 2.05) is 0 Å². The van der Waals surface area contributed by atoms with Crippen LogP contribution in [0.2, 0.25) is 0 Å². The molecule has 0 radical (unpaired) electrons. The molecule has 2 atom stereocenters. The lowest BCUT2D eigenvalue weighted by atomic mass is 9.94. The first-order valence-corrected chi connectivity index (χ1v) is 6.45. The fourth-order valence-corrected chi connectivity index (χ4v) is 3.17. The third-order valence-corrected chi connectivity index (χ3v) is 3.99. The van der Waals surface area contributed by atoms with Crippen LogP contribution in [-0.4, -0.2) is 21.9 Å². The van der Waals surface area contributed by atoms with Crippen molar-refractivity contribution in [2.75, 3.05) is 0 Å². The quantitative estimate of drug-likeness (QED) is 0.622. The topological polar surface area (TPSA) is 113 Å². The van der Waals surface area contributed by atoms with Crippen LogP contribution in [0.25, 0.3) is 0 Å². The Kier molecular flexibility index (Phi) is 3.53. The molecule has 1 aliphatic heterocycles. The summed E-state index contributed by atoms with van der Waals surface area (Å²) < 4.78 is 5.13. The van der Waals surface area contributed by atoms with Crippen LogP contribution in [0, 0.1) is 20.2 Å². The van der Waals surface area contributed by atoms with Gasteiger partial charge < -0.3 is 4.74 Å². The molecule has 1 aromatic heterocycles. The number of carbonyl (C=O) groups is 1. The van der Waals surface area contributed by atoms with E-state index in [2.05, 4.69) is 0 Å². The number of nitrogens with zero attached hydrogens (tertiary/aromatic N) is 2. The van der Waals surface area contributed by atoms with Crippen molar-refractivity contribution in [1.29, 1.82) is 0 Å². The predicted molar refractivity (Wildman–Crippen MR) is 69.0 cm³/mol. The summed E-state index contributed by atoms with van der Waals surface area (Å²) >= 11 is 1.01. The number of nitro groups is 2. The van der Waals surface area contributed by atoms with Crippen molar-refractivity contribution < 1.29 is 19.4 Å². The fourth-order valence-electron chi connectivity index (χ4n) is 2.19. The number of hydrogen-bond donors (Lipinski definition) is 0. The maximum Gasteiger partial charge on any atom is 0.365 e. The molecular formula is C11H10N2O6S. The Bertz CT molecular complexity index is 635. The second kappa shape index (κ2) is 5.00. The number of Topliss-reactive ketones (excluding diaryl/α,β-unsaturated/α-hetero) is 1. The number of hydrogen-bond acceptors (Lipinski definition) is 7. The molecule has 1 aromatic rings. The fraction of sp³-hybridized carbons (Fsp3) is 0.364. The van der Waals surface area contributed by atoms with Gasteiger partial charge in [0.15, 0.2) is 5.78 Å². The number of rotatable bonds is 4. The average molecular weight is 298 g/mol. The summed E-state index contributed by atoms with van der Waals surface area (Å²) in [5.41, 5.74) is 0.0444. The number of allylic oxidation sites excluding steroid dienone is 1. The summed E-state index contributed by atoms with van der Waals surface area (Å²) in [6.07, 6.45) is -1.42. The molecule has 9 heteroatoms. The van der Waals surface area contributed by atoms with Crippen LogP contribution in [0.4, 0.5) is 5.69 Å². The first-order chi connectivity index (χ1) is 9.32. The van der Waals surface area contributed by atoms with Crippen LogP contribution in [-0.2, 0) is 9.53 Å². The van der Waals surface area contributed by atoms with Gasteiger partial charge in [-0.25, -0.2) is 0 Å². The summed E-state index contributed by atoms with van der Waals surface area (Å²) in [5, 5.41) is 23.0. The van der Waals surface area contributed by atoms with E-state index in [9.17, 15) is 25.0 Å². The zero-order valence-electron chi connectivity index (χ0n) is 10.6. The number of carbonyl (C=O) groups excluding carboxylic acids is 1. The third kappa shape index (κ3) is 2.27. The molecule has 0 saturated carbocycles. The van der Waals surface area contributed by atoms with Crippen molar-refractivity contribution in [1.82, 2.24) is 0 Å². The van der Waals surface area contributed by atoms with E-state index in [-0.39, 0.29) is 22.8 Å². The summed E-state index contributed by atoms with van der Waals surface area (Å²) in [6, 6.07) is 1.25. The molecule has 20 heavy (non-hydrogen) atoms. The van der Waals surface area contributed by atoms with E-state index >= 15 is 0 Å². The molecule has 8 nitrogen and oxygen atoms in total. The SMILES string of the molecule is CC(=O)C1=C(C)OC([N+](=O)[O-])C1c1cc([N+](=O)[O-])cs1. The molecule has 0 N–H and O–H groups in total. The first kappa shape index (κ1) is 14.1. The summed E-state index contributed by atoms with van der Waals surface area (Å²) in [6.45, 7) is 2.77. The summed E-state index contributed by atoms with van der Waals surface area (Å²) in [5.74, 6) is -1.05. The molecule has 0 aliphatic carbocycles. The lowest BCUT2D eigenvalue weighted by molar-refractivity contribution is -0.570. The molecule has 0 bridgehead atoms. The Morgan fingerprint density at radius 1 is 1.40 bits per heavy atom. The average Bonchev–Trinajstić information content (AvgIpc) is 2.91. The highest BCUT2D eigenvalue weighted by molar-refractivity contribution is 7.10. The van der Waals surface area contributed by atoms with Gasteiger partial charge in [-0.05, 0) is 13.8 Å². The van der Waals surface area contributed by atoms with Gasteiger partial charge in [0.25, 0.3) is 5.69 Å². The van der Waals surface area contributed by atoms with Gasteiger partial charge in [0.05, 0.1) is 20.8 Å². The highest BCUT2D eigenvalue weighted by atomic mass is 32.1. The smallest absolute Gasteiger partial charge is 0.365 e. The van der Waals surface area contributed by atoms with Crippen molar-refractivity contribution >= 4 is 22.8 Å². The number of thiophene rings is 1. The summed E-state index contributed by atoms with van der Waals surface area (Å²) in [4.78, 5) is 32.6. The zero-order chi connectivity index (χ0) is 15.0. The zero-order valence-corrected chi connectivity index (χ0v) is 11.4. The Balaban J connectivity index is 2.49. The van der Waals surface area contributed by atoms with Gasteiger partial charge in [0.2, 0.25) is 0 Å². The Morgan fingerprint density at radius 3 is 2.50 bits per heavy atom. The maximum atomic E-state index is 11.7. The minimum atomic E-state index is -1.42. The molecular weight excluding hydrogens is 288 g/mol. The van der Waals surface area contributed by atoms with Crippen LogP contribution in [0.1, 0.15) is 24.6 Å². The molecule has 0 aromatic carbocycles. The highest BCUT2D eigenvalue weighted by Crippen LogP contribution is 2.42. The molecule has 1 aliphatic rings.